The van der Waals surface area contributed by atoms with E-state index in [4.69, 9.17) is 11.6 Å². The Labute approximate surface area is 161 Å². The maximum atomic E-state index is 14.4. The van der Waals surface area contributed by atoms with E-state index in [0.29, 0.717) is 21.6 Å². The molecule has 2 aliphatic rings. The minimum absolute atomic E-state index is 0.000502. The molecule has 0 unspecified atom stereocenters. The van der Waals surface area contributed by atoms with Crippen molar-refractivity contribution in [1.29, 1.82) is 0 Å². The fourth-order valence-corrected chi connectivity index (χ4v) is 6.33. The molecule has 0 saturated carbocycles. The molecule has 2 aromatic rings. The summed E-state index contributed by atoms with van der Waals surface area (Å²) in [5, 5.41) is 1.33. The molecule has 0 N–H and O–H groups in total. The maximum absolute atomic E-state index is 14.4. The normalized spacial score (nSPS) is 23.8. The number of fused-ring (bicyclic) bond motifs is 1. The van der Waals surface area contributed by atoms with Crippen molar-refractivity contribution in [1.82, 2.24) is 0 Å². The zero-order chi connectivity index (χ0) is 18.3. The zero-order valence-electron chi connectivity index (χ0n) is 13.7. The molecule has 0 bridgehead atoms. The van der Waals surface area contributed by atoms with Crippen molar-refractivity contribution in [3.63, 3.8) is 0 Å². The standard InChI is InChI=1S/C18H16ClFN2O2S2/c19-13-7-5-12(6-8-13)9-25-18-21-15-10-26(23,24)11-17(15)22(18)16-4-2-1-3-14(16)20/h1-8,15,17H,9-11H2/t15-,17+/m0/s1. The molecule has 1 fully saturated rings. The Morgan fingerprint density at radius 1 is 1.15 bits per heavy atom. The van der Waals surface area contributed by atoms with Crippen LogP contribution in [0.5, 0.6) is 0 Å². The number of anilines is 1. The summed E-state index contributed by atoms with van der Waals surface area (Å²) >= 11 is 7.40. The fraction of sp³-hybridized carbons (Fsp3) is 0.278. The lowest BCUT2D eigenvalue weighted by molar-refractivity contribution is 0.600. The molecule has 0 aromatic heterocycles. The van der Waals surface area contributed by atoms with Crippen LogP contribution in [0, 0.1) is 5.82 Å². The molecule has 0 radical (unpaired) electrons. The highest BCUT2D eigenvalue weighted by atomic mass is 35.5. The summed E-state index contributed by atoms with van der Waals surface area (Å²) in [6, 6.07) is 13.2. The van der Waals surface area contributed by atoms with Gasteiger partial charge in [0.2, 0.25) is 0 Å². The first-order valence-electron chi connectivity index (χ1n) is 8.12. The molecule has 0 spiro atoms. The molecule has 1 saturated heterocycles. The van der Waals surface area contributed by atoms with Gasteiger partial charge in [0.05, 0.1) is 29.3 Å². The first-order chi connectivity index (χ1) is 12.4. The van der Waals surface area contributed by atoms with Crippen LogP contribution in [0.3, 0.4) is 0 Å². The number of para-hydroxylation sites is 1. The van der Waals surface area contributed by atoms with Gasteiger partial charge in [0.25, 0.3) is 0 Å². The van der Waals surface area contributed by atoms with Crippen molar-refractivity contribution in [3.8, 4) is 0 Å². The second kappa shape index (κ2) is 6.87. The first kappa shape index (κ1) is 17.8. The lowest BCUT2D eigenvalue weighted by Gasteiger charge is -2.26. The van der Waals surface area contributed by atoms with Gasteiger partial charge in [-0.3, -0.25) is 4.99 Å². The molecule has 2 aromatic carbocycles. The van der Waals surface area contributed by atoms with Crippen LogP contribution in [0.25, 0.3) is 0 Å². The number of halogens is 2. The topological polar surface area (TPSA) is 49.7 Å². The third kappa shape index (κ3) is 3.48. The van der Waals surface area contributed by atoms with E-state index in [9.17, 15) is 12.8 Å². The number of aliphatic imine (C=N–C) groups is 1. The van der Waals surface area contributed by atoms with Crippen molar-refractivity contribution in [2.75, 3.05) is 16.4 Å². The lowest BCUT2D eigenvalue weighted by atomic mass is 10.1. The van der Waals surface area contributed by atoms with Gasteiger partial charge in [-0.15, -0.1) is 0 Å². The number of thioether (sulfide) groups is 1. The minimum Gasteiger partial charge on any atom is -0.312 e. The SMILES string of the molecule is O=S1(=O)C[C@@H]2N=C(SCc3ccc(Cl)cc3)N(c3ccccc3F)[C@@H]2C1. The van der Waals surface area contributed by atoms with E-state index >= 15 is 0 Å². The van der Waals surface area contributed by atoms with E-state index in [0.717, 1.165) is 5.56 Å². The number of hydrogen-bond acceptors (Lipinski definition) is 5. The molecular formula is C18H16ClFN2O2S2. The van der Waals surface area contributed by atoms with Gasteiger partial charge in [0, 0.05) is 10.8 Å². The number of sulfone groups is 1. The van der Waals surface area contributed by atoms with Crippen molar-refractivity contribution in [3.05, 3.63) is 64.9 Å². The summed E-state index contributed by atoms with van der Waals surface area (Å²) in [5.41, 5.74) is 1.44. The Kier molecular flexibility index (Phi) is 4.71. The highest BCUT2D eigenvalue weighted by molar-refractivity contribution is 8.13. The summed E-state index contributed by atoms with van der Waals surface area (Å²) in [6.07, 6.45) is 0. The third-order valence-corrected chi connectivity index (χ3v) is 7.49. The summed E-state index contributed by atoms with van der Waals surface area (Å²) in [6.45, 7) is 0. The van der Waals surface area contributed by atoms with Crippen LogP contribution >= 0.6 is 23.4 Å². The molecule has 4 nitrogen and oxygen atoms in total. The van der Waals surface area contributed by atoms with Crippen molar-refractivity contribution in [2.24, 2.45) is 4.99 Å². The molecule has 2 aliphatic heterocycles. The number of rotatable bonds is 3. The minimum atomic E-state index is -3.15. The summed E-state index contributed by atoms with van der Waals surface area (Å²) in [4.78, 5) is 6.37. The summed E-state index contributed by atoms with van der Waals surface area (Å²) in [5.74, 6) is 0.290. The van der Waals surface area contributed by atoms with Crippen molar-refractivity contribution in [2.45, 2.75) is 17.8 Å². The molecule has 8 heteroatoms. The van der Waals surface area contributed by atoms with Crippen LogP contribution in [0.4, 0.5) is 10.1 Å². The van der Waals surface area contributed by atoms with Gasteiger partial charge in [0.15, 0.2) is 15.0 Å². The Morgan fingerprint density at radius 3 is 2.62 bits per heavy atom. The fourth-order valence-electron chi connectivity index (χ4n) is 3.29. The van der Waals surface area contributed by atoms with Crippen molar-refractivity contribution < 1.29 is 12.8 Å². The predicted molar refractivity (Wildman–Crippen MR) is 105 cm³/mol. The van der Waals surface area contributed by atoms with Crippen LogP contribution in [0.1, 0.15) is 5.56 Å². The largest absolute Gasteiger partial charge is 0.312 e. The van der Waals surface area contributed by atoms with Crippen LogP contribution in [-0.4, -0.2) is 37.2 Å². The average molecular weight is 411 g/mol. The Morgan fingerprint density at radius 2 is 1.88 bits per heavy atom. The zero-order valence-corrected chi connectivity index (χ0v) is 16.1. The quantitative estimate of drug-likeness (QED) is 0.773. The number of nitrogens with zero attached hydrogens (tertiary/aromatic N) is 2. The molecule has 2 atom stereocenters. The highest BCUT2D eigenvalue weighted by Crippen LogP contribution is 2.36. The second-order valence-electron chi connectivity index (χ2n) is 6.36. The predicted octanol–water partition coefficient (Wildman–Crippen LogP) is 3.75. The molecule has 4 rings (SSSR count). The van der Waals surface area contributed by atoms with Crippen molar-refractivity contribution >= 4 is 44.1 Å². The van der Waals surface area contributed by atoms with Crippen LogP contribution in [0.2, 0.25) is 5.02 Å². The second-order valence-corrected chi connectivity index (χ2v) is 9.89. The summed E-state index contributed by atoms with van der Waals surface area (Å²) < 4.78 is 38.4. The van der Waals surface area contributed by atoms with Gasteiger partial charge in [-0.1, -0.05) is 47.6 Å². The van der Waals surface area contributed by atoms with Gasteiger partial charge >= 0.3 is 0 Å². The van der Waals surface area contributed by atoms with Gasteiger partial charge in [0.1, 0.15) is 5.82 Å². The molecule has 136 valence electrons. The van der Waals surface area contributed by atoms with E-state index in [2.05, 4.69) is 4.99 Å². The van der Waals surface area contributed by atoms with E-state index in [-0.39, 0.29) is 29.4 Å². The van der Waals surface area contributed by atoms with Crippen LogP contribution in [-0.2, 0) is 15.6 Å². The molecular weight excluding hydrogens is 395 g/mol. The van der Waals surface area contributed by atoms with E-state index in [1.54, 1.807) is 23.1 Å². The number of hydrogen-bond donors (Lipinski definition) is 0. The Bertz CT molecular complexity index is 963. The van der Waals surface area contributed by atoms with Gasteiger partial charge in [-0.05, 0) is 29.8 Å². The number of benzene rings is 2. The van der Waals surface area contributed by atoms with Crippen LogP contribution in [0.15, 0.2) is 53.5 Å². The smallest absolute Gasteiger partial charge is 0.164 e. The summed E-state index contributed by atoms with van der Waals surface area (Å²) in [7, 11) is -3.15. The van der Waals surface area contributed by atoms with Gasteiger partial charge < -0.3 is 4.90 Å². The Balaban J connectivity index is 1.63. The monoisotopic (exact) mass is 410 g/mol. The molecule has 0 amide bonds. The highest BCUT2D eigenvalue weighted by Gasteiger charge is 2.47. The van der Waals surface area contributed by atoms with Gasteiger partial charge in [-0.2, -0.15) is 0 Å². The first-order valence-corrected chi connectivity index (χ1v) is 11.3. The lowest BCUT2D eigenvalue weighted by Crippen LogP contribution is -2.39. The average Bonchev–Trinajstić information content (AvgIpc) is 3.06. The third-order valence-electron chi connectivity index (χ3n) is 4.50. The molecule has 2 heterocycles. The van der Waals surface area contributed by atoms with E-state index < -0.39 is 9.84 Å². The molecule has 26 heavy (non-hydrogen) atoms. The van der Waals surface area contributed by atoms with Gasteiger partial charge in [-0.25, -0.2) is 12.8 Å². The van der Waals surface area contributed by atoms with E-state index in [1.807, 2.05) is 24.3 Å². The van der Waals surface area contributed by atoms with Crippen LogP contribution < -0.4 is 4.90 Å². The maximum Gasteiger partial charge on any atom is 0.164 e. The Hall–Kier alpha value is -1.57. The molecule has 0 aliphatic carbocycles. The number of amidine groups is 1. The van der Waals surface area contributed by atoms with E-state index in [1.165, 1.54) is 17.8 Å².